The second-order valence-corrected chi connectivity index (χ2v) is 3.30. The molecule has 5 heteroatoms. The smallest absolute Gasteiger partial charge is 0.418 e. The zero-order chi connectivity index (χ0) is 12.3. The van der Waals surface area contributed by atoms with Crippen LogP contribution in [0.4, 0.5) is 10.5 Å². The van der Waals surface area contributed by atoms with Crippen molar-refractivity contribution in [3.8, 4) is 0 Å². The van der Waals surface area contributed by atoms with Gasteiger partial charge in [-0.1, -0.05) is 18.2 Å². The van der Waals surface area contributed by atoms with Crippen LogP contribution in [0.3, 0.4) is 0 Å². The summed E-state index contributed by atoms with van der Waals surface area (Å²) in [6, 6.07) is 7.14. The van der Waals surface area contributed by atoms with Crippen LogP contribution in [0.2, 0.25) is 0 Å². The van der Waals surface area contributed by atoms with Gasteiger partial charge in [0.05, 0.1) is 12.1 Å². The number of aliphatic imine (C=N–C) groups is 1. The standard InChI is InChI=1S/C12H10N2O3/c1-2-17-12(16)14-7-10(13-8-15)9-5-3-4-6-11(9)14/h3-7H,2H2,1H3. The Hall–Kier alpha value is -2.39. The van der Waals surface area contributed by atoms with Gasteiger partial charge in [0.25, 0.3) is 0 Å². The van der Waals surface area contributed by atoms with E-state index in [1.165, 1.54) is 16.8 Å². The predicted molar refractivity (Wildman–Crippen MR) is 62.1 cm³/mol. The van der Waals surface area contributed by atoms with Crippen molar-refractivity contribution in [1.82, 2.24) is 4.57 Å². The van der Waals surface area contributed by atoms with Crippen molar-refractivity contribution in [1.29, 1.82) is 0 Å². The van der Waals surface area contributed by atoms with Gasteiger partial charge in [-0.15, -0.1) is 0 Å². The second kappa shape index (κ2) is 4.63. The van der Waals surface area contributed by atoms with E-state index in [2.05, 4.69) is 4.99 Å². The number of rotatable bonds is 2. The van der Waals surface area contributed by atoms with Gasteiger partial charge in [0.1, 0.15) is 5.69 Å². The number of aromatic nitrogens is 1. The van der Waals surface area contributed by atoms with Crippen LogP contribution in [-0.2, 0) is 9.53 Å². The molecule has 0 aliphatic rings. The third kappa shape index (κ3) is 1.96. The van der Waals surface area contributed by atoms with E-state index in [1.54, 1.807) is 25.1 Å². The molecule has 0 saturated carbocycles. The molecule has 5 nitrogen and oxygen atoms in total. The quantitative estimate of drug-likeness (QED) is 0.588. The molecule has 0 aliphatic heterocycles. The maximum atomic E-state index is 11.7. The van der Waals surface area contributed by atoms with Gasteiger partial charge in [-0.3, -0.25) is 4.57 Å². The van der Waals surface area contributed by atoms with Crippen LogP contribution >= 0.6 is 0 Å². The molecule has 0 unspecified atom stereocenters. The van der Waals surface area contributed by atoms with Crippen molar-refractivity contribution >= 4 is 28.8 Å². The van der Waals surface area contributed by atoms with Crippen LogP contribution in [0, 0.1) is 0 Å². The Kier molecular flexibility index (Phi) is 3.03. The molecule has 0 aliphatic carbocycles. The van der Waals surface area contributed by atoms with Crippen LogP contribution < -0.4 is 0 Å². The molecule has 1 aromatic heterocycles. The molecule has 17 heavy (non-hydrogen) atoms. The van der Waals surface area contributed by atoms with E-state index >= 15 is 0 Å². The lowest BCUT2D eigenvalue weighted by Gasteiger charge is -2.02. The normalized spacial score (nSPS) is 9.94. The highest BCUT2D eigenvalue weighted by molar-refractivity contribution is 5.97. The first-order chi connectivity index (χ1) is 8.27. The third-order valence-corrected chi connectivity index (χ3v) is 2.32. The lowest BCUT2D eigenvalue weighted by Crippen LogP contribution is -2.11. The topological polar surface area (TPSA) is 60.7 Å². The van der Waals surface area contributed by atoms with Gasteiger partial charge in [-0.2, -0.15) is 4.99 Å². The number of benzene rings is 1. The number of carbonyl (C=O) groups is 1. The van der Waals surface area contributed by atoms with Crippen molar-refractivity contribution in [2.75, 3.05) is 6.61 Å². The molecular formula is C12H10N2O3. The lowest BCUT2D eigenvalue weighted by atomic mass is 10.2. The van der Waals surface area contributed by atoms with Crippen LogP contribution in [0.25, 0.3) is 10.9 Å². The van der Waals surface area contributed by atoms with Gasteiger partial charge in [0.2, 0.25) is 6.08 Å². The molecule has 2 rings (SSSR count). The van der Waals surface area contributed by atoms with Crippen LogP contribution in [0.15, 0.2) is 35.5 Å². The fourth-order valence-electron chi connectivity index (χ4n) is 1.64. The summed E-state index contributed by atoms with van der Waals surface area (Å²) < 4.78 is 6.24. The number of hydrogen-bond acceptors (Lipinski definition) is 4. The summed E-state index contributed by atoms with van der Waals surface area (Å²) in [4.78, 5) is 25.5. The van der Waals surface area contributed by atoms with Gasteiger partial charge >= 0.3 is 6.09 Å². The SMILES string of the molecule is CCOC(=O)n1cc(N=C=O)c2ccccc21. The molecule has 0 saturated heterocycles. The Morgan fingerprint density at radius 1 is 1.47 bits per heavy atom. The molecule has 0 amide bonds. The van der Waals surface area contributed by atoms with Gasteiger partial charge in [0.15, 0.2) is 0 Å². The molecule has 0 atom stereocenters. The number of fused-ring (bicyclic) bond motifs is 1. The fourth-order valence-corrected chi connectivity index (χ4v) is 1.64. The van der Waals surface area contributed by atoms with E-state index < -0.39 is 6.09 Å². The van der Waals surface area contributed by atoms with Gasteiger partial charge in [0, 0.05) is 11.6 Å². The first-order valence-corrected chi connectivity index (χ1v) is 5.13. The van der Waals surface area contributed by atoms with Crippen molar-refractivity contribution in [3.63, 3.8) is 0 Å². The van der Waals surface area contributed by atoms with E-state index in [0.717, 1.165) is 0 Å². The van der Waals surface area contributed by atoms with E-state index in [1.807, 2.05) is 6.07 Å². The van der Waals surface area contributed by atoms with Crippen molar-refractivity contribution in [2.45, 2.75) is 6.92 Å². The highest BCUT2D eigenvalue weighted by atomic mass is 16.5. The number of nitrogens with zero attached hydrogens (tertiary/aromatic N) is 2. The highest BCUT2D eigenvalue weighted by Gasteiger charge is 2.13. The Morgan fingerprint density at radius 3 is 2.94 bits per heavy atom. The second-order valence-electron chi connectivity index (χ2n) is 3.30. The van der Waals surface area contributed by atoms with Crippen molar-refractivity contribution in [2.24, 2.45) is 4.99 Å². The van der Waals surface area contributed by atoms with Crippen LogP contribution in [-0.4, -0.2) is 23.3 Å². The van der Waals surface area contributed by atoms with E-state index in [-0.39, 0.29) is 6.61 Å². The summed E-state index contributed by atoms with van der Waals surface area (Å²) in [5.74, 6) is 0. The maximum Gasteiger partial charge on any atom is 0.418 e. The van der Waals surface area contributed by atoms with Crippen LogP contribution in [0.1, 0.15) is 6.92 Å². The number of carbonyl (C=O) groups excluding carboxylic acids is 2. The first-order valence-electron chi connectivity index (χ1n) is 5.13. The molecular weight excluding hydrogens is 220 g/mol. The zero-order valence-corrected chi connectivity index (χ0v) is 9.21. The molecule has 0 N–H and O–H groups in total. The molecule has 1 aromatic carbocycles. The maximum absolute atomic E-state index is 11.7. The minimum Gasteiger partial charge on any atom is -0.449 e. The van der Waals surface area contributed by atoms with Gasteiger partial charge < -0.3 is 4.74 Å². The lowest BCUT2D eigenvalue weighted by molar-refractivity contribution is 0.155. The fraction of sp³-hybridized carbons (Fsp3) is 0.167. The predicted octanol–water partition coefficient (Wildman–Crippen LogP) is 2.61. The Labute approximate surface area is 97.3 Å². The molecule has 86 valence electrons. The summed E-state index contributed by atoms with van der Waals surface area (Å²) in [7, 11) is 0. The van der Waals surface area contributed by atoms with Crippen molar-refractivity contribution < 1.29 is 14.3 Å². The monoisotopic (exact) mass is 230 g/mol. The summed E-state index contributed by atoms with van der Waals surface area (Å²) in [5, 5.41) is 0.712. The molecule has 0 spiro atoms. The zero-order valence-electron chi connectivity index (χ0n) is 9.21. The molecule has 0 fully saturated rings. The van der Waals surface area contributed by atoms with Gasteiger partial charge in [-0.05, 0) is 13.0 Å². The third-order valence-electron chi connectivity index (χ3n) is 2.32. The van der Waals surface area contributed by atoms with E-state index in [0.29, 0.717) is 16.6 Å². The molecule has 0 radical (unpaired) electrons. The molecule has 0 bridgehead atoms. The number of ether oxygens (including phenoxy) is 1. The number of para-hydroxylation sites is 1. The highest BCUT2D eigenvalue weighted by Crippen LogP contribution is 2.27. The summed E-state index contributed by atoms with van der Waals surface area (Å²) in [5.41, 5.74) is 1.06. The van der Waals surface area contributed by atoms with Crippen LogP contribution in [0.5, 0.6) is 0 Å². The first kappa shape index (κ1) is 11.1. The average Bonchev–Trinajstić information content (AvgIpc) is 2.70. The molecule has 2 aromatic rings. The Morgan fingerprint density at radius 2 is 2.24 bits per heavy atom. The Bertz CT molecular complexity index is 609. The minimum absolute atomic E-state index is 0.289. The van der Waals surface area contributed by atoms with E-state index in [4.69, 9.17) is 4.74 Å². The largest absolute Gasteiger partial charge is 0.449 e. The van der Waals surface area contributed by atoms with E-state index in [9.17, 15) is 9.59 Å². The number of hydrogen-bond donors (Lipinski definition) is 0. The Balaban J connectivity index is 2.64. The van der Waals surface area contributed by atoms with Gasteiger partial charge in [-0.25, -0.2) is 9.59 Å². The summed E-state index contributed by atoms with van der Waals surface area (Å²) in [6.45, 7) is 2.02. The van der Waals surface area contributed by atoms with Crippen molar-refractivity contribution in [3.05, 3.63) is 30.5 Å². The molecule has 1 heterocycles. The number of isocyanates is 1. The summed E-state index contributed by atoms with van der Waals surface area (Å²) >= 11 is 0. The minimum atomic E-state index is -0.490. The average molecular weight is 230 g/mol. The summed E-state index contributed by atoms with van der Waals surface area (Å²) in [6.07, 6.45) is 2.45.